The molecule has 9 nitrogen and oxygen atoms in total. The molecule has 0 aliphatic heterocycles. The van der Waals surface area contributed by atoms with Gasteiger partial charge in [-0.3, -0.25) is 4.70 Å². The molecule has 0 bridgehead atoms. The molecule has 0 aromatic rings. The predicted octanol–water partition coefficient (Wildman–Crippen LogP) is -6.41. The summed E-state index contributed by atoms with van der Waals surface area (Å²) in [5, 5.41) is 0. The van der Waals surface area contributed by atoms with E-state index in [4.69, 9.17) is 9.79 Å². The van der Waals surface area contributed by atoms with Gasteiger partial charge in [-0.2, -0.15) is 0 Å². The average molecular weight is 300 g/mol. The molecule has 0 heterocycles. The van der Waals surface area contributed by atoms with E-state index >= 15 is 0 Å². The van der Waals surface area contributed by atoms with Crippen molar-refractivity contribution < 1.29 is 47.3 Å². The maximum absolute atomic E-state index is 8.82. The van der Waals surface area contributed by atoms with Gasteiger partial charge in [0.25, 0.3) is 0 Å². The molecular weight excluding hydrogens is 285 g/mol. The molecule has 0 saturated carbocycles. The second-order valence-electron chi connectivity index (χ2n) is 0.253. The van der Waals surface area contributed by atoms with Gasteiger partial charge in [0.2, 0.25) is 0 Å². The third-order valence-electron chi connectivity index (χ3n) is 0. The van der Waals surface area contributed by atoms with Crippen molar-refractivity contribution in [3.63, 3.8) is 0 Å². The molecule has 1 radical (unpaired) electrons. The molecule has 81 valence electrons. The van der Waals surface area contributed by atoms with Crippen molar-refractivity contribution in [3.05, 3.63) is 0 Å². The summed E-state index contributed by atoms with van der Waals surface area (Å²) in [6.07, 6.45) is 0. The second kappa shape index (κ2) is 83.6. The van der Waals surface area contributed by atoms with Crippen LogP contribution in [0.4, 0.5) is 4.70 Å². The molecule has 11 heavy (non-hydrogen) atoms. The standard InChI is InChI=1S/FH.8H2O.O.Sb/h1H;8*1H2;;/q;;;;;;;;;;+2/p-2. The van der Waals surface area contributed by atoms with Crippen molar-refractivity contribution in [1.82, 2.24) is 0 Å². The Labute approximate surface area is 69.0 Å². The molecule has 0 atom stereocenters. The van der Waals surface area contributed by atoms with Gasteiger partial charge in [-0.15, -0.1) is 0 Å². The number of hydrogen-bond donors (Lipinski definition) is 2. The Morgan fingerprint density at radius 2 is 0.727 bits per heavy atom. The quantitative estimate of drug-likeness (QED) is 0.414. The molecular formula is H15FO9Sb. The summed E-state index contributed by atoms with van der Waals surface area (Å²) in [5.74, 6) is 0. The first-order valence-electron chi connectivity index (χ1n) is 0.583. The Morgan fingerprint density at radius 3 is 0.727 bits per heavy atom. The number of rotatable bonds is 0. The van der Waals surface area contributed by atoms with E-state index in [-0.39, 0.29) is 37.6 Å². The molecule has 14 N–H and O–H groups in total. The Kier molecular flexibility index (Phi) is 856. The third-order valence-corrected chi connectivity index (χ3v) is 0. The molecule has 0 spiro atoms. The average Bonchev–Trinajstić information content (AvgIpc) is 0.811. The fourth-order valence-corrected chi connectivity index (χ4v) is 0. The topological polar surface area (TPSA) is 247 Å². The van der Waals surface area contributed by atoms with E-state index in [0.717, 1.165) is 0 Å². The van der Waals surface area contributed by atoms with Crippen LogP contribution in [0, 0.1) is 0 Å². The van der Waals surface area contributed by atoms with Gasteiger partial charge in [-0.05, 0) is 0 Å². The molecule has 0 saturated heterocycles. The summed E-state index contributed by atoms with van der Waals surface area (Å²) in [6.45, 7) is 0. The molecule has 0 aliphatic carbocycles. The van der Waals surface area contributed by atoms with Gasteiger partial charge in [0, 0.05) is 0 Å². The summed E-state index contributed by atoms with van der Waals surface area (Å²) in [6, 6.07) is 0. The van der Waals surface area contributed by atoms with Crippen LogP contribution in [0.3, 0.4) is 0 Å². The van der Waals surface area contributed by atoms with Gasteiger partial charge in [0.05, 0.1) is 0 Å². The summed E-state index contributed by atoms with van der Waals surface area (Å²) in [7, 11) is 0. The fourth-order valence-electron chi connectivity index (χ4n) is 0. The van der Waals surface area contributed by atoms with Crippen LogP contribution >= 0.6 is 0 Å². The van der Waals surface area contributed by atoms with Crippen LogP contribution in [0.1, 0.15) is 0 Å². The summed E-state index contributed by atoms with van der Waals surface area (Å²) < 4.78 is 23.3. The Balaban J connectivity index is -0.00000000214. The normalized spacial score (nSPS) is 2.36. The van der Waals surface area contributed by atoms with Gasteiger partial charge in [0.1, 0.15) is 0 Å². The van der Waals surface area contributed by atoms with Crippen LogP contribution in [0.15, 0.2) is 0 Å². The molecule has 0 aliphatic rings. The SMILES string of the molecule is F.O.O.O.O.O.O.[O]=[Sb]([OH])[OH]. The monoisotopic (exact) mass is 299 g/mol. The van der Waals surface area contributed by atoms with Crippen molar-refractivity contribution in [3.8, 4) is 0 Å². The minimum absolute atomic E-state index is 0. The van der Waals surface area contributed by atoms with Gasteiger partial charge >= 0.3 is 30.8 Å². The molecule has 0 amide bonds. The third kappa shape index (κ3) is 13300. The van der Waals surface area contributed by atoms with E-state index in [1.807, 2.05) is 0 Å². The second-order valence-corrected chi connectivity index (χ2v) is 1.70. The Hall–Kier alpha value is 0.228. The van der Waals surface area contributed by atoms with Crippen LogP contribution in [0.5, 0.6) is 0 Å². The van der Waals surface area contributed by atoms with E-state index in [1.54, 1.807) is 0 Å². The zero-order chi connectivity index (χ0) is 3.58. The molecule has 11 heteroatoms. The van der Waals surface area contributed by atoms with E-state index < -0.39 is 21.0 Å². The van der Waals surface area contributed by atoms with E-state index in [9.17, 15) is 0 Å². The van der Waals surface area contributed by atoms with Crippen molar-refractivity contribution in [2.24, 2.45) is 0 Å². The van der Waals surface area contributed by atoms with Crippen molar-refractivity contribution >= 4 is 21.0 Å². The van der Waals surface area contributed by atoms with Crippen LogP contribution < -0.4 is 0 Å². The molecule has 0 unspecified atom stereocenters. The van der Waals surface area contributed by atoms with Gasteiger partial charge < -0.3 is 32.9 Å². The molecule has 0 aromatic carbocycles. The van der Waals surface area contributed by atoms with E-state index in [1.165, 1.54) is 0 Å². The summed E-state index contributed by atoms with van der Waals surface area (Å²) in [4.78, 5) is 0. The van der Waals surface area contributed by atoms with Crippen LogP contribution in [0.2, 0.25) is 0 Å². The molecule has 0 fully saturated rings. The molecule has 0 aromatic heterocycles. The maximum atomic E-state index is 8.82. The predicted molar refractivity (Wildman–Crippen MR) is 35.1 cm³/mol. The first-order valence-corrected chi connectivity index (χ1v) is 3.91. The number of halogens is 1. The van der Waals surface area contributed by atoms with Gasteiger partial charge in [-0.1, -0.05) is 0 Å². The zero-order valence-corrected chi connectivity index (χ0v) is 7.71. The van der Waals surface area contributed by atoms with Crippen LogP contribution in [-0.4, -0.2) is 60.7 Å². The summed E-state index contributed by atoms with van der Waals surface area (Å²) >= 11 is -3.70. The zero-order valence-electron chi connectivity index (χ0n) is 5.16. The van der Waals surface area contributed by atoms with Crippen LogP contribution in [-0.2, 0) is 3.02 Å². The van der Waals surface area contributed by atoms with Gasteiger partial charge in [-0.25, -0.2) is 0 Å². The fraction of sp³-hybridized carbons (Fsp3) is 0. The van der Waals surface area contributed by atoms with Gasteiger partial charge in [0.15, 0.2) is 0 Å². The minimum atomic E-state index is -3.70. The Morgan fingerprint density at radius 1 is 0.727 bits per heavy atom. The summed E-state index contributed by atoms with van der Waals surface area (Å²) in [5.41, 5.74) is 0. The van der Waals surface area contributed by atoms with E-state index in [0.29, 0.717) is 0 Å². The van der Waals surface area contributed by atoms with Crippen LogP contribution in [0.25, 0.3) is 0 Å². The molecule has 0 rings (SSSR count). The van der Waals surface area contributed by atoms with Crippen molar-refractivity contribution in [2.75, 3.05) is 0 Å². The number of hydrogen-bond acceptors (Lipinski definition) is 1. The van der Waals surface area contributed by atoms with Crippen molar-refractivity contribution in [2.45, 2.75) is 0 Å². The first kappa shape index (κ1) is 113. The van der Waals surface area contributed by atoms with Crippen molar-refractivity contribution in [1.29, 1.82) is 0 Å². The first-order chi connectivity index (χ1) is 1.73. The van der Waals surface area contributed by atoms with E-state index in [2.05, 4.69) is 0 Å². The Bertz CT molecular complexity index is 32.5.